The van der Waals surface area contributed by atoms with Gasteiger partial charge in [-0.1, -0.05) is 12.1 Å². The molecular weight excluding hydrogens is 371 g/mol. The normalized spacial score (nSPS) is 16.0. The van der Waals surface area contributed by atoms with E-state index in [1.165, 1.54) is 16.4 Å². The number of nitrogens with one attached hydrogen (secondary N) is 2. The van der Waals surface area contributed by atoms with Gasteiger partial charge in [-0.25, -0.2) is 12.8 Å². The van der Waals surface area contributed by atoms with E-state index in [9.17, 15) is 17.6 Å². The lowest BCUT2D eigenvalue weighted by Crippen LogP contribution is -2.24. The van der Waals surface area contributed by atoms with Gasteiger partial charge in [0.2, 0.25) is 15.9 Å². The van der Waals surface area contributed by atoms with Gasteiger partial charge < -0.3 is 5.32 Å². The van der Waals surface area contributed by atoms with E-state index in [2.05, 4.69) is 15.5 Å². The van der Waals surface area contributed by atoms with Crippen LogP contribution in [0, 0.1) is 5.82 Å². The largest absolute Gasteiger partial charge is 0.308 e. The number of hydrogen-bond donors (Lipinski definition) is 2. The number of aromatic amines is 1. The maximum atomic E-state index is 13.0. The van der Waals surface area contributed by atoms with E-state index >= 15 is 0 Å². The summed E-state index contributed by atoms with van der Waals surface area (Å²) in [7, 11) is -3.29. The highest BCUT2D eigenvalue weighted by Crippen LogP contribution is 2.30. The molecule has 2 aromatic carbocycles. The van der Waals surface area contributed by atoms with Crippen LogP contribution in [-0.4, -0.2) is 36.8 Å². The summed E-state index contributed by atoms with van der Waals surface area (Å²) in [5.74, 6) is -0.191. The first-order valence-electron chi connectivity index (χ1n) is 8.45. The highest BCUT2D eigenvalue weighted by Gasteiger charge is 2.28. The first-order chi connectivity index (χ1) is 12.9. The average Bonchev–Trinajstić information content (AvgIpc) is 3.19. The molecule has 0 bridgehead atoms. The molecule has 1 fully saturated rings. The van der Waals surface area contributed by atoms with Gasteiger partial charge in [0.05, 0.1) is 23.4 Å². The minimum atomic E-state index is -3.29. The number of benzene rings is 2. The van der Waals surface area contributed by atoms with E-state index in [4.69, 9.17) is 0 Å². The maximum absolute atomic E-state index is 13.0. The quantitative estimate of drug-likeness (QED) is 0.718. The van der Waals surface area contributed by atoms with E-state index in [-0.39, 0.29) is 23.9 Å². The average molecular weight is 388 g/mol. The molecule has 1 aliphatic rings. The zero-order valence-electron chi connectivity index (χ0n) is 14.3. The van der Waals surface area contributed by atoms with Gasteiger partial charge in [0.15, 0.2) is 5.82 Å². The fraction of sp³-hybridized carbons (Fsp3) is 0.222. The van der Waals surface area contributed by atoms with Crippen molar-refractivity contribution in [3.05, 3.63) is 53.8 Å². The van der Waals surface area contributed by atoms with Crippen molar-refractivity contribution < 1.29 is 17.6 Å². The molecule has 0 radical (unpaired) electrons. The molecule has 0 saturated carbocycles. The number of rotatable bonds is 4. The first-order valence-corrected chi connectivity index (χ1v) is 10.1. The number of H-pyrrole nitrogens is 1. The topological polar surface area (TPSA) is 95.2 Å². The minimum Gasteiger partial charge on any atom is -0.308 e. The van der Waals surface area contributed by atoms with Crippen LogP contribution in [0.1, 0.15) is 12.0 Å². The zero-order valence-corrected chi connectivity index (χ0v) is 15.1. The van der Waals surface area contributed by atoms with Gasteiger partial charge in [-0.2, -0.15) is 5.10 Å². The molecule has 1 amide bonds. The lowest BCUT2D eigenvalue weighted by Gasteiger charge is -2.16. The summed E-state index contributed by atoms with van der Waals surface area (Å²) >= 11 is 0. The number of amides is 1. The lowest BCUT2D eigenvalue weighted by atomic mass is 10.1. The van der Waals surface area contributed by atoms with E-state index in [0.717, 1.165) is 0 Å². The second-order valence-electron chi connectivity index (χ2n) is 6.40. The van der Waals surface area contributed by atoms with Crippen molar-refractivity contribution in [3.63, 3.8) is 0 Å². The molecule has 0 unspecified atom stereocenters. The van der Waals surface area contributed by atoms with Crippen LogP contribution < -0.4 is 9.62 Å². The predicted molar refractivity (Wildman–Crippen MR) is 101 cm³/mol. The molecular formula is C18H17FN4O3S. The number of anilines is 2. The number of carbonyl (C=O) groups excluding carboxylic acids is 1. The number of fused-ring (bicyclic) bond motifs is 1. The van der Waals surface area contributed by atoms with Crippen molar-refractivity contribution in [1.29, 1.82) is 0 Å². The number of aromatic nitrogens is 2. The summed E-state index contributed by atoms with van der Waals surface area (Å²) in [6, 6.07) is 10.9. The molecule has 27 heavy (non-hydrogen) atoms. The van der Waals surface area contributed by atoms with Crippen LogP contribution in [0.2, 0.25) is 0 Å². The van der Waals surface area contributed by atoms with Crippen LogP contribution in [-0.2, 0) is 21.2 Å². The third-order valence-electron chi connectivity index (χ3n) is 4.47. The molecule has 4 rings (SSSR count). The third kappa shape index (κ3) is 3.50. The summed E-state index contributed by atoms with van der Waals surface area (Å²) in [6.45, 7) is 0.442. The summed E-state index contributed by atoms with van der Waals surface area (Å²) in [4.78, 5) is 12.3. The molecule has 2 heterocycles. The van der Waals surface area contributed by atoms with Crippen molar-refractivity contribution in [2.45, 2.75) is 12.8 Å². The third-order valence-corrected chi connectivity index (χ3v) is 6.34. The van der Waals surface area contributed by atoms with Crippen LogP contribution in [0.3, 0.4) is 0 Å². The summed E-state index contributed by atoms with van der Waals surface area (Å²) in [6.07, 6.45) is 0.669. The van der Waals surface area contributed by atoms with Gasteiger partial charge in [-0.05, 0) is 42.3 Å². The van der Waals surface area contributed by atoms with Gasteiger partial charge >= 0.3 is 0 Å². The van der Waals surface area contributed by atoms with Crippen LogP contribution in [0.5, 0.6) is 0 Å². The fourth-order valence-electron chi connectivity index (χ4n) is 3.15. The maximum Gasteiger partial charge on any atom is 0.235 e. The Morgan fingerprint density at radius 2 is 2.00 bits per heavy atom. The molecule has 1 aliphatic heterocycles. The van der Waals surface area contributed by atoms with Crippen molar-refractivity contribution in [2.75, 3.05) is 21.9 Å². The highest BCUT2D eigenvalue weighted by atomic mass is 32.2. The SMILES string of the molecule is O=C(Cc1ccc(F)cc1)Nc1n[nH]c2ccc(N3CCCS3(=O)=O)cc12. The van der Waals surface area contributed by atoms with Crippen molar-refractivity contribution in [2.24, 2.45) is 0 Å². The number of carbonyl (C=O) groups is 1. The Balaban J connectivity index is 1.57. The van der Waals surface area contributed by atoms with Crippen molar-refractivity contribution in [3.8, 4) is 0 Å². The summed E-state index contributed by atoms with van der Waals surface area (Å²) in [5.41, 5.74) is 1.92. The molecule has 9 heteroatoms. The monoisotopic (exact) mass is 388 g/mol. The van der Waals surface area contributed by atoms with E-state index in [0.29, 0.717) is 40.9 Å². The molecule has 140 valence electrons. The Kier molecular flexibility index (Phi) is 4.31. The number of nitrogens with zero attached hydrogens (tertiary/aromatic N) is 2. The minimum absolute atomic E-state index is 0.0782. The van der Waals surface area contributed by atoms with Gasteiger partial charge in [0.1, 0.15) is 5.82 Å². The van der Waals surface area contributed by atoms with Gasteiger partial charge in [0.25, 0.3) is 0 Å². The summed E-state index contributed by atoms with van der Waals surface area (Å²) in [5, 5.41) is 10.3. The van der Waals surface area contributed by atoms with Crippen LogP contribution >= 0.6 is 0 Å². The molecule has 0 atom stereocenters. The molecule has 3 aromatic rings. The predicted octanol–water partition coefficient (Wildman–Crippen LogP) is 2.42. The second-order valence-corrected chi connectivity index (χ2v) is 8.41. The Bertz CT molecular complexity index is 1110. The molecule has 1 saturated heterocycles. The second kappa shape index (κ2) is 6.66. The standard InChI is InChI=1S/C18H17FN4O3S/c19-13-4-2-12(3-5-13)10-17(24)20-18-15-11-14(6-7-16(15)21-22-18)23-8-1-9-27(23,25)26/h2-7,11H,1,8-10H2,(H2,20,21,22,24). The van der Waals surface area contributed by atoms with E-state index < -0.39 is 10.0 Å². The molecule has 0 spiro atoms. The number of hydrogen-bond acceptors (Lipinski definition) is 4. The Labute approximate surface area is 155 Å². The molecule has 0 aliphatic carbocycles. The Morgan fingerprint density at radius 3 is 2.70 bits per heavy atom. The lowest BCUT2D eigenvalue weighted by molar-refractivity contribution is -0.115. The van der Waals surface area contributed by atoms with E-state index in [1.807, 2.05) is 0 Å². The number of sulfonamides is 1. The smallest absolute Gasteiger partial charge is 0.235 e. The molecule has 7 nitrogen and oxygen atoms in total. The Hall–Kier alpha value is -2.94. The van der Waals surface area contributed by atoms with Crippen molar-refractivity contribution >= 4 is 38.3 Å². The number of halogens is 1. The molecule has 1 aromatic heterocycles. The van der Waals surface area contributed by atoms with Crippen LogP contribution in [0.4, 0.5) is 15.9 Å². The van der Waals surface area contributed by atoms with Gasteiger partial charge in [-0.3, -0.25) is 14.2 Å². The van der Waals surface area contributed by atoms with E-state index in [1.54, 1.807) is 30.3 Å². The molecule has 2 N–H and O–H groups in total. The first kappa shape index (κ1) is 17.5. The van der Waals surface area contributed by atoms with Crippen LogP contribution in [0.25, 0.3) is 10.9 Å². The zero-order chi connectivity index (χ0) is 19.0. The highest BCUT2D eigenvalue weighted by molar-refractivity contribution is 7.93. The summed E-state index contributed by atoms with van der Waals surface area (Å²) < 4.78 is 38.6. The van der Waals surface area contributed by atoms with Crippen LogP contribution in [0.15, 0.2) is 42.5 Å². The fourth-order valence-corrected chi connectivity index (χ4v) is 4.70. The van der Waals surface area contributed by atoms with Gasteiger partial charge in [0, 0.05) is 11.9 Å². The van der Waals surface area contributed by atoms with Gasteiger partial charge in [-0.15, -0.1) is 0 Å². The van der Waals surface area contributed by atoms with Crippen molar-refractivity contribution in [1.82, 2.24) is 10.2 Å². The Morgan fingerprint density at radius 1 is 1.22 bits per heavy atom.